The van der Waals surface area contributed by atoms with Gasteiger partial charge in [-0.05, 0) is 31.7 Å². The molecule has 6 nitrogen and oxygen atoms in total. The number of rotatable bonds is 7. The minimum Gasteiger partial charge on any atom is -0.383 e. The van der Waals surface area contributed by atoms with Gasteiger partial charge in [-0.25, -0.2) is 8.42 Å². The van der Waals surface area contributed by atoms with Crippen molar-refractivity contribution in [3.63, 3.8) is 0 Å². The molecular weight excluding hydrogens is 316 g/mol. The Kier molecular flexibility index (Phi) is 4.95. The summed E-state index contributed by atoms with van der Waals surface area (Å²) in [5.74, 6) is 0.227. The Labute approximate surface area is 128 Å². The number of amides is 1. The van der Waals surface area contributed by atoms with Crippen molar-refractivity contribution < 1.29 is 17.9 Å². The van der Waals surface area contributed by atoms with E-state index in [9.17, 15) is 13.2 Å². The van der Waals surface area contributed by atoms with E-state index in [2.05, 4.69) is 5.32 Å². The molecule has 1 atom stereocenters. The van der Waals surface area contributed by atoms with Crippen LogP contribution in [0.4, 0.5) is 0 Å². The van der Waals surface area contributed by atoms with Gasteiger partial charge in [-0.15, -0.1) is 0 Å². The summed E-state index contributed by atoms with van der Waals surface area (Å²) in [6, 6.07) is 1.38. The summed E-state index contributed by atoms with van der Waals surface area (Å²) in [6.07, 6.45) is 3.60. The van der Waals surface area contributed by atoms with E-state index in [0.29, 0.717) is 19.1 Å². The zero-order chi connectivity index (χ0) is 15.6. The van der Waals surface area contributed by atoms with E-state index in [4.69, 9.17) is 15.4 Å². The van der Waals surface area contributed by atoms with Crippen molar-refractivity contribution in [1.29, 1.82) is 0 Å². The van der Waals surface area contributed by atoms with E-state index in [0.717, 1.165) is 12.8 Å². The van der Waals surface area contributed by atoms with Crippen LogP contribution in [-0.4, -0.2) is 38.7 Å². The van der Waals surface area contributed by atoms with Crippen molar-refractivity contribution >= 4 is 25.6 Å². The molecule has 0 spiro atoms. The van der Waals surface area contributed by atoms with Crippen molar-refractivity contribution in [3.8, 4) is 0 Å². The number of carbonyl (C=O) groups is 1. The lowest BCUT2D eigenvalue weighted by Gasteiger charge is -2.14. The summed E-state index contributed by atoms with van der Waals surface area (Å²) in [7, 11) is 3.02. The van der Waals surface area contributed by atoms with Crippen LogP contribution in [0.1, 0.15) is 30.3 Å². The Balaban J connectivity index is 2.22. The monoisotopic (exact) mass is 334 g/mol. The normalized spacial score (nSPS) is 16.7. The van der Waals surface area contributed by atoms with Crippen molar-refractivity contribution in [1.82, 2.24) is 9.88 Å². The second-order valence-electron chi connectivity index (χ2n) is 5.28. The highest BCUT2D eigenvalue weighted by atomic mass is 35.7. The first-order valence-corrected chi connectivity index (χ1v) is 9.08. The molecule has 1 heterocycles. The molecular formula is C13H19ClN2O4S. The summed E-state index contributed by atoms with van der Waals surface area (Å²) in [5, 5.41) is 2.90. The van der Waals surface area contributed by atoms with Gasteiger partial charge in [0.25, 0.3) is 15.0 Å². The third-order valence-corrected chi connectivity index (χ3v) is 4.93. The predicted molar refractivity (Wildman–Crippen MR) is 79.0 cm³/mol. The van der Waals surface area contributed by atoms with Crippen LogP contribution < -0.4 is 5.32 Å². The summed E-state index contributed by atoms with van der Waals surface area (Å²) in [5.41, 5.74) is 0.277. The minimum atomic E-state index is -3.86. The Morgan fingerprint density at radius 2 is 2.24 bits per heavy atom. The lowest BCUT2D eigenvalue weighted by molar-refractivity contribution is 0.0923. The minimum absolute atomic E-state index is 0.0792. The third kappa shape index (κ3) is 4.21. The van der Waals surface area contributed by atoms with Crippen molar-refractivity contribution in [2.24, 2.45) is 5.92 Å². The van der Waals surface area contributed by atoms with Gasteiger partial charge >= 0.3 is 0 Å². The molecule has 0 bridgehead atoms. The van der Waals surface area contributed by atoms with E-state index in [1.54, 1.807) is 4.57 Å². The smallest absolute Gasteiger partial charge is 0.268 e. The van der Waals surface area contributed by atoms with Crippen LogP contribution in [0, 0.1) is 5.92 Å². The zero-order valence-electron chi connectivity index (χ0n) is 12.0. The van der Waals surface area contributed by atoms with Gasteiger partial charge in [0.15, 0.2) is 0 Å². The van der Waals surface area contributed by atoms with Crippen LogP contribution in [0.5, 0.6) is 0 Å². The average molecular weight is 335 g/mol. The molecule has 118 valence electrons. The maximum Gasteiger partial charge on any atom is 0.268 e. The summed E-state index contributed by atoms with van der Waals surface area (Å²) < 4.78 is 29.4. The number of carbonyl (C=O) groups excluding carboxylic acids is 1. The first-order valence-electron chi connectivity index (χ1n) is 6.77. The van der Waals surface area contributed by atoms with Gasteiger partial charge in [0.2, 0.25) is 0 Å². The molecule has 0 radical (unpaired) electrons. The van der Waals surface area contributed by atoms with E-state index >= 15 is 0 Å². The second kappa shape index (κ2) is 6.37. The van der Waals surface area contributed by atoms with Crippen molar-refractivity contribution in [2.45, 2.75) is 37.2 Å². The average Bonchev–Trinajstić information content (AvgIpc) is 3.14. The predicted octanol–water partition coefficient (Wildman–Crippen LogP) is 1.59. The number of aromatic nitrogens is 1. The molecule has 1 fully saturated rings. The molecule has 1 saturated carbocycles. The Morgan fingerprint density at radius 3 is 2.76 bits per heavy atom. The third-order valence-electron chi connectivity index (χ3n) is 3.61. The number of halogens is 1. The van der Waals surface area contributed by atoms with Gasteiger partial charge in [-0.1, -0.05) is 0 Å². The molecule has 1 aromatic rings. The highest BCUT2D eigenvalue weighted by molar-refractivity contribution is 8.13. The van der Waals surface area contributed by atoms with Gasteiger partial charge < -0.3 is 14.6 Å². The van der Waals surface area contributed by atoms with Gasteiger partial charge in [0.05, 0.1) is 6.61 Å². The van der Waals surface area contributed by atoms with E-state index in [1.807, 2.05) is 6.92 Å². The molecule has 0 aromatic carbocycles. The van der Waals surface area contributed by atoms with Gasteiger partial charge in [0.1, 0.15) is 10.6 Å². The number of nitrogens with one attached hydrogen (secondary N) is 1. The van der Waals surface area contributed by atoms with Crippen LogP contribution >= 0.6 is 10.7 Å². The second-order valence-corrected chi connectivity index (χ2v) is 7.85. The molecule has 0 aliphatic heterocycles. The largest absolute Gasteiger partial charge is 0.383 e. The first kappa shape index (κ1) is 16.3. The van der Waals surface area contributed by atoms with Gasteiger partial charge in [0, 0.05) is 36.6 Å². The SMILES string of the molecule is COCCn1cc(S(=O)(=O)Cl)cc1C(=O)NC(C)C1CC1. The van der Waals surface area contributed by atoms with Crippen LogP contribution in [-0.2, 0) is 20.3 Å². The van der Waals surface area contributed by atoms with Crippen LogP contribution in [0.2, 0.25) is 0 Å². The molecule has 8 heteroatoms. The zero-order valence-corrected chi connectivity index (χ0v) is 13.6. The summed E-state index contributed by atoms with van der Waals surface area (Å²) in [6.45, 7) is 2.70. The molecule has 1 aromatic heterocycles. The molecule has 1 aliphatic rings. The maximum atomic E-state index is 12.3. The van der Waals surface area contributed by atoms with Crippen LogP contribution in [0.3, 0.4) is 0 Å². The molecule has 1 unspecified atom stereocenters. The molecule has 1 N–H and O–H groups in total. The topological polar surface area (TPSA) is 77.4 Å². The highest BCUT2D eigenvalue weighted by Gasteiger charge is 2.30. The fourth-order valence-corrected chi connectivity index (χ4v) is 2.94. The summed E-state index contributed by atoms with van der Waals surface area (Å²) in [4.78, 5) is 12.2. The van der Waals surface area contributed by atoms with E-state index < -0.39 is 9.05 Å². The molecule has 1 amide bonds. The first-order chi connectivity index (χ1) is 9.82. The number of hydrogen-bond donors (Lipinski definition) is 1. The fourth-order valence-electron chi connectivity index (χ4n) is 2.18. The molecule has 2 rings (SSSR count). The van der Waals surface area contributed by atoms with Crippen molar-refractivity contribution in [3.05, 3.63) is 18.0 Å². The van der Waals surface area contributed by atoms with Gasteiger partial charge in [-0.3, -0.25) is 4.79 Å². The molecule has 1 aliphatic carbocycles. The maximum absolute atomic E-state index is 12.3. The molecule has 0 saturated heterocycles. The van der Waals surface area contributed by atoms with E-state index in [-0.39, 0.29) is 22.5 Å². The summed E-state index contributed by atoms with van der Waals surface area (Å²) >= 11 is 0. The lowest BCUT2D eigenvalue weighted by atomic mass is 10.2. The standard InChI is InChI=1S/C13H19ClN2O4S/c1-9(10-3-4-10)15-13(17)12-7-11(21(14,18)19)8-16(12)5-6-20-2/h7-10H,3-6H2,1-2H3,(H,15,17). The Morgan fingerprint density at radius 1 is 1.57 bits per heavy atom. The fraction of sp³-hybridized carbons (Fsp3) is 0.615. The van der Waals surface area contributed by atoms with Gasteiger partial charge in [-0.2, -0.15) is 0 Å². The van der Waals surface area contributed by atoms with E-state index in [1.165, 1.54) is 19.4 Å². The lowest BCUT2D eigenvalue weighted by Crippen LogP contribution is -2.35. The number of ether oxygens (including phenoxy) is 1. The Bertz CT molecular complexity index is 622. The number of nitrogens with zero attached hydrogens (tertiary/aromatic N) is 1. The van der Waals surface area contributed by atoms with Crippen molar-refractivity contribution in [2.75, 3.05) is 13.7 Å². The quantitative estimate of drug-likeness (QED) is 0.768. The number of methoxy groups -OCH3 is 1. The molecule has 21 heavy (non-hydrogen) atoms. The number of hydrogen-bond acceptors (Lipinski definition) is 4. The van der Waals surface area contributed by atoms with Crippen LogP contribution in [0.15, 0.2) is 17.2 Å². The highest BCUT2D eigenvalue weighted by Crippen LogP contribution is 2.32. The Hall–Kier alpha value is -1.05. The van der Waals surface area contributed by atoms with Crippen LogP contribution in [0.25, 0.3) is 0 Å².